The Balaban J connectivity index is 1.88. The van der Waals surface area contributed by atoms with Gasteiger partial charge in [-0.3, -0.25) is 15.0 Å². The average molecular weight is 355 g/mol. The summed E-state index contributed by atoms with van der Waals surface area (Å²) in [6, 6.07) is 4.29. The molecule has 1 atom stereocenters. The minimum atomic E-state index is -3.93. The molecule has 2 N–H and O–H groups in total. The topological polar surface area (TPSA) is 130 Å². The number of ether oxygens (including phenoxy) is 1. The van der Waals surface area contributed by atoms with E-state index in [1.807, 2.05) is 4.90 Å². The number of hydrogen-bond donors (Lipinski definition) is 2. The summed E-state index contributed by atoms with van der Waals surface area (Å²) in [7, 11) is -3.93. The number of aromatic amines is 1. The Morgan fingerprint density at radius 3 is 2.79 bits per heavy atom. The van der Waals surface area contributed by atoms with Gasteiger partial charge in [0.1, 0.15) is 0 Å². The molecule has 1 unspecified atom stereocenters. The number of para-hydroxylation sites is 1. The molecule has 130 valence electrons. The van der Waals surface area contributed by atoms with Crippen molar-refractivity contribution in [3.8, 4) is 0 Å². The normalized spacial score (nSPS) is 17.9. The summed E-state index contributed by atoms with van der Waals surface area (Å²) in [6.07, 6.45) is -0.443. The van der Waals surface area contributed by atoms with Crippen LogP contribution in [0.25, 0.3) is 11.0 Å². The predicted octanol–water partition coefficient (Wildman–Crippen LogP) is 0.428. The lowest BCUT2D eigenvalue weighted by molar-refractivity contribution is -0.383. The number of nitrogens with one attached hydrogen (secondary N) is 2. The zero-order valence-electron chi connectivity index (χ0n) is 12.9. The number of aromatic nitrogens is 2. The summed E-state index contributed by atoms with van der Waals surface area (Å²) in [4.78, 5) is 18.9. The van der Waals surface area contributed by atoms with Gasteiger partial charge in [0, 0.05) is 19.2 Å². The van der Waals surface area contributed by atoms with Gasteiger partial charge in [0.25, 0.3) is 15.7 Å². The second kappa shape index (κ2) is 6.43. The largest absolute Gasteiger partial charge is 0.379 e. The highest BCUT2D eigenvalue weighted by atomic mass is 32.2. The van der Waals surface area contributed by atoms with E-state index >= 15 is 0 Å². The minimum Gasteiger partial charge on any atom is -0.379 e. The summed E-state index contributed by atoms with van der Waals surface area (Å²) >= 11 is 0. The van der Waals surface area contributed by atoms with Crippen molar-refractivity contribution in [1.29, 1.82) is 0 Å². The van der Waals surface area contributed by atoms with Gasteiger partial charge in [-0.25, -0.2) is 13.4 Å². The van der Waals surface area contributed by atoms with Gasteiger partial charge in [-0.15, -0.1) is 0 Å². The van der Waals surface area contributed by atoms with Gasteiger partial charge < -0.3 is 9.72 Å². The van der Waals surface area contributed by atoms with Gasteiger partial charge in [-0.2, -0.15) is 4.72 Å². The lowest BCUT2D eigenvalue weighted by Gasteiger charge is -2.32. The monoisotopic (exact) mass is 355 g/mol. The van der Waals surface area contributed by atoms with Crippen LogP contribution in [0, 0.1) is 10.1 Å². The smallest absolute Gasteiger partial charge is 0.297 e. The Morgan fingerprint density at radius 1 is 1.42 bits per heavy atom. The van der Waals surface area contributed by atoms with E-state index < -0.39 is 21.1 Å². The molecule has 1 aliphatic heterocycles. The van der Waals surface area contributed by atoms with E-state index in [0.717, 1.165) is 0 Å². The van der Waals surface area contributed by atoms with Crippen LogP contribution in [0.3, 0.4) is 0 Å². The fraction of sp³-hybridized carbons (Fsp3) is 0.462. The molecule has 3 rings (SSSR count). The molecule has 1 aromatic carbocycles. The number of nitro benzene ring substituents is 1. The van der Waals surface area contributed by atoms with Crippen molar-refractivity contribution in [3.05, 3.63) is 28.3 Å². The molecule has 2 aromatic rings. The van der Waals surface area contributed by atoms with Gasteiger partial charge in [0.15, 0.2) is 5.52 Å². The van der Waals surface area contributed by atoms with Crippen LogP contribution >= 0.6 is 0 Å². The Morgan fingerprint density at radius 2 is 2.12 bits per heavy atom. The number of non-ortho nitro benzene ring substituents is 1. The molecule has 1 aliphatic rings. The molecule has 2 heterocycles. The van der Waals surface area contributed by atoms with E-state index in [9.17, 15) is 18.5 Å². The molecule has 0 saturated carbocycles. The molecule has 24 heavy (non-hydrogen) atoms. The van der Waals surface area contributed by atoms with Crippen LogP contribution in [0.15, 0.2) is 23.4 Å². The SMILES string of the molecule is CC(NS(=O)(=O)c1nc2c([N+](=O)[O-])cccc2[nH]1)N1CCOCC1. The number of morpholine rings is 1. The molecular weight excluding hydrogens is 338 g/mol. The number of rotatable bonds is 5. The van der Waals surface area contributed by atoms with E-state index in [0.29, 0.717) is 31.8 Å². The third-order valence-electron chi connectivity index (χ3n) is 3.84. The first-order valence-corrected chi connectivity index (χ1v) is 8.84. The van der Waals surface area contributed by atoms with Crippen LogP contribution in [0.2, 0.25) is 0 Å². The lowest BCUT2D eigenvalue weighted by Crippen LogP contribution is -2.50. The van der Waals surface area contributed by atoms with Crippen molar-refractivity contribution in [3.63, 3.8) is 0 Å². The van der Waals surface area contributed by atoms with E-state index in [1.165, 1.54) is 12.1 Å². The lowest BCUT2D eigenvalue weighted by atomic mass is 10.3. The van der Waals surface area contributed by atoms with Crippen LogP contribution in [0.5, 0.6) is 0 Å². The van der Waals surface area contributed by atoms with Gasteiger partial charge in [0.05, 0.1) is 29.8 Å². The molecule has 0 amide bonds. The fourth-order valence-corrected chi connectivity index (χ4v) is 3.75. The zero-order chi connectivity index (χ0) is 17.3. The van der Waals surface area contributed by atoms with E-state index in [1.54, 1.807) is 13.0 Å². The molecule has 1 aromatic heterocycles. The molecule has 1 fully saturated rings. The number of sulfonamides is 1. The second-order valence-corrected chi connectivity index (χ2v) is 7.05. The van der Waals surface area contributed by atoms with Crippen LogP contribution < -0.4 is 4.72 Å². The Hall–Kier alpha value is -2.08. The van der Waals surface area contributed by atoms with Gasteiger partial charge in [0.2, 0.25) is 5.16 Å². The Kier molecular flexibility index (Phi) is 4.49. The molecule has 0 bridgehead atoms. The molecule has 0 radical (unpaired) electrons. The zero-order valence-corrected chi connectivity index (χ0v) is 13.7. The average Bonchev–Trinajstić information content (AvgIpc) is 3.00. The molecule has 11 heteroatoms. The van der Waals surface area contributed by atoms with Gasteiger partial charge in [-0.1, -0.05) is 6.07 Å². The number of benzene rings is 1. The van der Waals surface area contributed by atoms with Crippen molar-refractivity contribution in [2.24, 2.45) is 0 Å². The van der Waals surface area contributed by atoms with Crippen molar-refractivity contribution in [1.82, 2.24) is 19.6 Å². The number of H-pyrrole nitrogens is 1. The second-order valence-electron chi connectivity index (χ2n) is 5.42. The summed E-state index contributed by atoms with van der Waals surface area (Å²) in [5.41, 5.74) is 0.0666. The van der Waals surface area contributed by atoms with Crippen molar-refractivity contribution in [2.45, 2.75) is 18.2 Å². The highest BCUT2D eigenvalue weighted by Gasteiger charge is 2.27. The van der Waals surface area contributed by atoms with E-state index in [4.69, 9.17) is 4.74 Å². The maximum absolute atomic E-state index is 12.5. The summed E-state index contributed by atoms with van der Waals surface area (Å²) < 4.78 is 32.8. The Bertz CT molecular complexity index is 859. The van der Waals surface area contributed by atoms with Gasteiger partial charge >= 0.3 is 0 Å². The third kappa shape index (κ3) is 3.24. The highest BCUT2D eigenvalue weighted by molar-refractivity contribution is 7.89. The first-order valence-electron chi connectivity index (χ1n) is 7.36. The van der Waals surface area contributed by atoms with Crippen LogP contribution in [-0.4, -0.2) is 60.7 Å². The number of imidazole rings is 1. The molecule has 0 spiro atoms. The van der Waals surface area contributed by atoms with E-state index in [2.05, 4.69) is 14.7 Å². The Labute approximate surface area is 138 Å². The summed E-state index contributed by atoms with van der Waals surface area (Å²) in [5.74, 6) is 0. The molecule has 10 nitrogen and oxygen atoms in total. The highest BCUT2D eigenvalue weighted by Crippen LogP contribution is 2.24. The maximum atomic E-state index is 12.5. The first kappa shape index (κ1) is 16.8. The quantitative estimate of drug-likeness (QED) is 0.587. The number of nitro groups is 1. The van der Waals surface area contributed by atoms with E-state index in [-0.39, 0.29) is 16.4 Å². The first-order chi connectivity index (χ1) is 11.4. The van der Waals surface area contributed by atoms with Crippen LogP contribution in [0.4, 0.5) is 5.69 Å². The standard InChI is InChI=1S/C13H17N5O5S/c1-9(17-5-7-23-8-6-17)16-24(21,22)13-14-10-3-2-4-11(18(19)20)12(10)15-13/h2-4,9,16H,5-8H2,1H3,(H,14,15). The minimum absolute atomic E-state index is 0.0156. The summed E-state index contributed by atoms with van der Waals surface area (Å²) in [6.45, 7) is 4.06. The van der Waals surface area contributed by atoms with Crippen LogP contribution in [-0.2, 0) is 14.8 Å². The maximum Gasteiger partial charge on any atom is 0.297 e. The number of hydrogen-bond acceptors (Lipinski definition) is 7. The van der Waals surface area contributed by atoms with Gasteiger partial charge in [-0.05, 0) is 13.0 Å². The number of nitrogens with zero attached hydrogens (tertiary/aromatic N) is 3. The van der Waals surface area contributed by atoms with Crippen molar-refractivity contribution >= 4 is 26.7 Å². The van der Waals surface area contributed by atoms with Crippen LogP contribution in [0.1, 0.15) is 6.92 Å². The molecule has 1 saturated heterocycles. The number of fused-ring (bicyclic) bond motifs is 1. The fourth-order valence-electron chi connectivity index (χ4n) is 2.59. The van der Waals surface area contributed by atoms with Crippen molar-refractivity contribution in [2.75, 3.05) is 26.3 Å². The molecule has 0 aliphatic carbocycles. The summed E-state index contributed by atoms with van der Waals surface area (Å²) in [5, 5.41) is 10.7. The molecular formula is C13H17N5O5S. The predicted molar refractivity (Wildman–Crippen MR) is 84.9 cm³/mol. The third-order valence-corrected chi connectivity index (χ3v) is 5.19. The van der Waals surface area contributed by atoms with Crippen molar-refractivity contribution < 1.29 is 18.1 Å².